The molecule has 2 heterocycles. The summed E-state index contributed by atoms with van der Waals surface area (Å²) in [7, 11) is 0. The van der Waals surface area contributed by atoms with E-state index in [9.17, 15) is 0 Å². The Morgan fingerprint density at radius 1 is 1.56 bits per heavy atom. The van der Waals surface area contributed by atoms with Crippen molar-refractivity contribution in [3.8, 4) is 0 Å². The van der Waals surface area contributed by atoms with E-state index in [2.05, 4.69) is 27.5 Å². The van der Waals surface area contributed by atoms with Crippen molar-refractivity contribution in [1.82, 2.24) is 25.3 Å². The van der Waals surface area contributed by atoms with Gasteiger partial charge in [0.05, 0.1) is 17.2 Å². The molecule has 2 aromatic rings. The summed E-state index contributed by atoms with van der Waals surface area (Å²) >= 11 is 1.69. The highest BCUT2D eigenvalue weighted by molar-refractivity contribution is 7.09. The summed E-state index contributed by atoms with van der Waals surface area (Å²) < 4.78 is 1.77. The van der Waals surface area contributed by atoms with Gasteiger partial charge in [0.15, 0.2) is 0 Å². The van der Waals surface area contributed by atoms with Crippen LogP contribution in [0.1, 0.15) is 23.5 Å². The van der Waals surface area contributed by atoms with Crippen molar-refractivity contribution < 1.29 is 0 Å². The number of hydrogen-bond acceptors (Lipinski definition) is 6. The molecule has 0 aliphatic carbocycles. The minimum atomic E-state index is 0.420. The van der Waals surface area contributed by atoms with E-state index in [-0.39, 0.29) is 0 Å². The molecule has 98 valence electrons. The Morgan fingerprint density at radius 2 is 2.44 bits per heavy atom. The van der Waals surface area contributed by atoms with Gasteiger partial charge in [-0.3, -0.25) is 4.68 Å². The molecule has 0 bridgehead atoms. The molecule has 1 unspecified atom stereocenters. The van der Waals surface area contributed by atoms with Crippen molar-refractivity contribution in [1.29, 1.82) is 0 Å². The van der Waals surface area contributed by atoms with E-state index in [0.717, 1.165) is 23.8 Å². The van der Waals surface area contributed by atoms with Gasteiger partial charge in [-0.25, -0.2) is 4.98 Å². The van der Waals surface area contributed by atoms with Gasteiger partial charge in [0.25, 0.3) is 0 Å². The Labute approximate surface area is 110 Å². The second-order valence-electron chi connectivity index (χ2n) is 4.16. The Bertz CT molecular complexity index is 452. The number of nitrogens with two attached hydrogens (primary N) is 1. The van der Waals surface area contributed by atoms with E-state index < -0.39 is 0 Å². The summed E-state index contributed by atoms with van der Waals surface area (Å²) in [6, 6.07) is 0. The lowest BCUT2D eigenvalue weighted by molar-refractivity contribution is 0.596. The number of nitrogens with one attached hydrogen (secondary N) is 1. The van der Waals surface area contributed by atoms with Crippen molar-refractivity contribution >= 4 is 11.3 Å². The lowest BCUT2D eigenvalue weighted by Crippen LogP contribution is -2.19. The standard InChI is InChI=1S/C11H18N6S/c1-9(11-14-3-5-18-11)6-13-7-10-8-17(4-2-12)16-15-10/h3,5,8-9,13H,2,4,6-7,12H2,1H3. The normalized spacial score (nSPS) is 12.8. The maximum Gasteiger partial charge on any atom is 0.0965 e. The van der Waals surface area contributed by atoms with Gasteiger partial charge in [-0.05, 0) is 0 Å². The molecule has 2 aromatic heterocycles. The molecule has 1 atom stereocenters. The van der Waals surface area contributed by atoms with Gasteiger partial charge in [0.1, 0.15) is 0 Å². The second-order valence-corrected chi connectivity index (χ2v) is 5.09. The SMILES string of the molecule is CC(CNCc1cn(CCN)nn1)c1nccs1. The van der Waals surface area contributed by atoms with Gasteiger partial charge in [-0.1, -0.05) is 12.1 Å². The van der Waals surface area contributed by atoms with E-state index in [4.69, 9.17) is 5.73 Å². The molecule has 0 amide bonds. The molecule has 0 aromatic carbocycles. The van der Waals surface area contributed by atoms with Crippen LogP contribution >= 0.6 is 11.3 Å². The summed E-state index contributed by atoms with van der Waals surface area (Å²) in [6.07, 6.45) is 3.77. The summed E-state index contributed by atoms with van der Waals surface area (Å²) in [4.78, 5) is 4.30. The van der Waals surface area contributed by atoms with Crippen LogP contribution < -0.4 is 11.1 Å². The Kier molecular flexibility index (Phi) is 4.80. The fourth-order valence-corrected chi connectivity index (χ4v) is 2.34. The average Bonchev–Trinajstić information content (AvgIpc) is 3.00. The predicted octanol–water partition coefficient (Wildman–Crippen LogP) is 0.587. The third kappa shape index (κ3) is 3.59. The smallest absolute Gasteiger partial charge is 0.0965 e. The zero-order valence-corrected chi connectivity index (χ0v) is 11.2. The first-order valence-electron chi connectivity index (χ1n) is 5.98. The second kappa shape index (κ2) is 6.58. The summed E-state index contributed by atoms with van der Waals surface area (Å²) in [5.41, 5.74) is 6.39. The van der Waals surface area contributed by atoms with Crippen LogP contribution in [0.5, 0.6) is 0 Å². The van der Waals surface area contributed by atoms with Crippen molar-refractivity contribution in [2.45, 2.75) is 25.9 Å². The van der Waals surface area contributed by atoms with Gasteiger partial charge in [-0.2, -0.15) is 0 Å². The number of nitrogens with zero attached hydrogens (tertiary/aromatic N) is 4. The van der Waals surface area contributed by atoms with Crippen LogP contribution in [-0.2, 0) is 13.1 Å². The van der Waals surface area contributed by atoms with Crippen molar-refractivity contribution in [3.05, 3.63) is 28.5 Å². The van der Waals surface area contributed by atoms with Gasteiger partial charge < -0.3 is 11.1 Å². The molecule has 3 N–H and O–H groups in total. The van der Waals surface area contributed by atoms with Crippen LogP contribution in [0.15, 0.2) is 17.8 Å². The van der Waals surface area contributed by atoms with E-state index in [1.54, 1.807) is 16.0 Å². The molecule has 6 nitrogen and oxygen atoms in total. The van der Waals surface area contributed by atoms with Crippen LogP contribution in [0.4, 0.5) is 0 Å². The highest BCUT2D eigenvalue weighted by Gasteiger charge is 2.08. The lowest BCUT2D eigenvalue weighted by Gasteiger charge is -2.08. The molecule has 0 fully saturated rings. The Balaban J connectivity index is 1.74. The topological polar surface area (TPSA) is 81.7 Å². The minimum absolute atomic E-state index is 0.420. The largest absolute Gasteiger partial charge is 0.329 e. The predicted molar refractivity (Wildman–Crippen MR) is 71.3 cm³/mol. The molecule has 0 spiro atoms. The summed E-state index contributed by atoms with van der Waals surface area (Å²) in [6.45, 7) is 5.06. The minimum Gasteiger partial charge on any atom is -0.329 e. The third-order valence-electron chi connectivity index (χ3n) is 2.57. The van der Waals surface area contributed by atoms with Gasteiger partial charge in [0.2, 0.25) is 0 Å². The number of aromatic nitrogens is 4. The van der Waals surface area contributed by atoms with E-state index in [1.807, 2.05) is 17.8 Å². The van der Waals surface area contributed by atoms with E-state index in [0.29, 0.717) is 19.0 Å². The van der Waals surface area contributed by atoms with Gasteiger partial charge >= 0.3 is 0 Å². The number of thiazole rings is 1. The summed E-state index contributed by atoms with van der Waals surface area (Å²) in [5.74, 6) is 0.420. The number of rotatable bonds is 7. The zero-order chi connectivity index (χ0) is 12.8. The maximum atomic E-state index is 5.45. The first-order valence-corrected chi connectivity index (χ1v) is 6.86. The summed E-state index contributed by atoms with van der Waals surface area (Å²) in [5, 5.41) is 14.6. The zero-order valence-electron chi connectivity index (χ0n) is 10.4. The average molecular weight is 266 g/mol. The monoisotopic (exact) mass is 266 g/mol. The molecular weight excluding hydrogens is 248 g/mol. The van der Waals surface area contributed by atoms with Crippen molar-refractivity contribution in [2.75, 3.05) is 13.1 Å². The molecule has 18 heavy (non-hydrogen) atoms. The highest BCUT2D eigenvalue weighted by atomic mass is 32.1. The number of hydrogen-bond donors (Lipinski definition) is 2. The molecule has 0 saturated carbocycles. The third-order valence-corrected chi connectivity index (χ3v) is 3.58. The first kappa shape index (κ1) is 13.1. The molecule has 7 heteroatoms. The molecular formula is C11H18N6S. The van der Waals surface area contributed by atoms with E-state index in [1.165, 1.54) is 0 Å². The fraction of sp³-hybridized carbons (Fsp3) is 0.545. The van der Waals surface area contributed by atoms with Gasteiger partial charge in [0, 0.05) is 43.3 Å². The first-order chi connectivity index (χ1) is 8.79. The Hall–Kier alpha value is -1.31. The quantitative estimate of drug-likeness (QED) is 0.766. The fourth-order valence-electron chi connectivity index (χ4n) is 1.64. The van der Waals surface area contributed by atoms with Crippen LogP contribution in [0, 0.1) is 0 Å². The van der Waals surface area contributed by atoms with Crippen molar-refractivity contribution in [2.24, 2.45) is 5.73 Å². The van der Waals surface area contributed by atoms with Crippen LogP contribution in [-0.4, -0.2) is 33.1 Å². The van der Waals surface area contributed by atoms with Crippen LogP contribution in [0.3, 0.4) is 0 Å². The van der Waals surface area contributed by atoms with Crippen LogP contribution in [0.2, 0.25) is 0 Å². The van der Waals surface area contributed by atoms with Crippen molar-refractivity contribution in [3.63, 3.8) is 0 Å². The molecule has 0 aliphatic heterocycles. The maximum absolute atomic E-state index is 5.45. The molecule has 2 rings (SSSR count). The highest BCUT2D eigenvalue weighted by Crippen LogP contribution is 2.16. The van der Waals surface area contributed by atoms with Crippen LogP contribution in [0.25, 0.3) is 0 Å². The molecule has 0 aliphatic rings. The van der Waals surface area contributed by atoms with Gasteiger partial charge in [-0.15, -0.1) is 16.4 Å². The lowest BCUT2D eigenvalue weighted by atomic mass is 10.2. The molecule has 0 saturated heterocycles. The Morgan fingerprint density at radius 3 is 3.17 bits per heavy atom. The molecule has 0 radical (unpaired) electrons. The van der Waals surface area contributed by atoms with E-state index >= 15 is 0 Å².